The molecule has 0 unspecified atom stereocenters. The van der Waals surface area contributed by atoms with E-state index < -0.39 is 0 Å². The van der Waals surface area contributed by atoms with Crippen molar-refractivity contribution in [3.05, 3.63) is 6.33 Å². The third-order valence-electron chi connectivity index (χ3n) is 1.06. The van der Waals surface area contributed by atoms with Crippen molar-refractivity contribution in [1.82, 2.24) is 9.36 Å². The quantitative estimate of drug-likeness (QED) is 0.544. The molecule has 0 bridgehead atoms. The fraction of sp³-hybridized carbons (Fsp3) is 0.667. The molecule has 4 nitrogen and oxygen atoms in total. The summed E-state index contributed by atoms with van der Waals surface area (Å²) >= 11 is 3.06. The Kier molecular flexibility index (Phi) is 5.25. The van der Waals surface area contributed by atoms with Gasteiger partial charge in [-0.25, -0.2) is 4.98 Å². The zero-order valence-corrected chi connectivity index (χ0v) is 8.24. The first-order valence-corrected chi connectivity index (χ1v) is 5.36. The first-order chi connectivity index (χ1) is 5.93. The molecule has 0 radical (unpaired) electrons. The number of hydrogen-bond acceptors (Lipinski definition) is 6. The molecule has 12 heavy (non-hydrogen) atoms. The molecule has 0 fully saturated rings. The van der Waals surface area contributed by atoms with Gasteiger partial charge in [-0.15, -0.1) is 0 Å². The van der Waals surface area contributed by atoms with Crippen molar-refractivity contribution in [2.24, 2.45) is 5.73 Å². The van der Waals surface area contributed by atoms with Gasteiger partial charge in [0.1, 0.15) is 6.33 Å². The van der Waals surface area contributed by atoms with Crippen LogP contribution in [0.15, 0.2) is 10.7 Å². The second-order valence-electron chi connectivity index (χ2n) is 1.96. The lowest BCUT2D eigenvalue weighted by molar-refractivity contribution is 0.158. The van der Waals surface area contributed by atoms with Gasteiger partial charge in [0, 0.05) is 12.3 Å². The summed E-state index contributed by atoms with van der Waals surface area (Å²) in [5.74, 6) is 0.912. The molecule has 1 rings (SSSR count). The van der Waals surface area contributed by atoms with E-state index in [9.17, 15) is 0 Å². The van der Waals surface area contributed by atoms with Gasteiger partial charge in [-0.1, -0.05) is 11.8 Å². The summed E-state index contributed by atoms with van der Waals surface area (Å²) in [5, 5.41) is 0. The Morgan fingerprint density at radius 1 is 1.58 bits per heavy atom. The lowest BCUT2D eigenvalue weighted by atomic mass is 10.7. The van der Waals surface area contributed by atoms with E-state index in [1.807, 2.05) is 0 Å². The number of aromatic nitrogens is 2. The maximum Gasteiger partial charge on any atom is 0.169 e. The van der Waals surface area contributed by atoms with Gasteiger partial charge in [-0.05, 0) is 11.5 Å². The third-order valence-corrected chi connectivity index (χ3v) is 2.82. The van der Waals surface area contributed by atoms with Gasteiger partial charge in [0.05, 0.1) is 13.2 Å². The Morgan fingerprint density at radius 2 is 2.50 bits per heavy atom. The molecule has 6 heteroatoms. The Bertz CT molecular complexity index is 193. The third kappa shape index (κ3) is 4.01. The van der Waals surface area contributed by atoms with E-state index in [4.69, 9.17) is 10.5 Å². The van der Waals surface area contributed by atoms with Crippen molar-refractivity contribution >= 4 is 23.3 Å². The number of rotatable bonds is 6. The number of thioether (sulfide) groups is 1. The molecule has 68 valence electrons. The molecule has 0 aliphatic heterocycles. The van der Waals surface area contributed by atoms with Crippen molar-refractivity contribution in [3.8, 4) is 0 Å². The first kappa shape index (κ1) is 9.91. The van der Waals surface area contributed by atoms with Gasteiger partial charge in [-0.3, -0.25) is 0 Å². The second-order valence-corrected chi connectivity index (χ2v) is 4.08. The second kappa shape index (κ2) is 6.36. The maximum absolute atomic E-state index is 5.25. The number of nitrogens with zero attached hydrogens (tertiary/aromatic N) is 2. The van der Waals surface area contributed by atoms with Gasteiger partial charge in [0.15, 0.2) is 4.34 Å². The Morgan fingerprint density at radius 3 is 3.17 bits per heavy atom. The highest BCUT2D eigenvalue weighted by atomic mass is 32.2. The Labute approximate surface area is 79.7 Å². The van der Waals surface area contributed by atoms with Crippen molar-refractivity contribution < 1.29 is 4.74 Å². The highest BCUT2D eigenvalue weighted by Gasteiger charge is 1.96. The number of ether oxygens (including phenoxy) is 1. The van der Waals surface area contributed by atoms with Gasteiger partial charge in [0.25, 0.3) is 0 Å². The van der Waals surface area contributed by atoms with E-state index in [-0.39, 0.29) is 0 Å². The average molecular weight is 205 g/mol. The molecular formula is C6H11N3OS2. The standard InChI is InChI=1S/C6H11N3OS2/c7-1-2-10-3-4-11-6-8-5-9-12-6/h5H,1-4,7H2. The molecule has 1 aromatic rings. The maximum atomic E-state index is 5.25. The SMILES string of the molecule is NCCOCCSc1ncns1. The van der Waals surface area contributed by atoms with E-state index in [0.717, 1.165) is 16.7 Å². The zero-order chi connectivity index (χ0) is 8.65. The molecule has 1 aromatic heterocycles. The molecule has 0 saturated heterocycles. The van der Waals surface area contributed by atoms with Crippen LogP contribution >= 0.6 is 23.3 Å². The van der Waals surface area contributed by atoms with E-state index >= 15 is 0 Å². The molecule has 0 aromatic carbocycles. The van der Waals surface area contributed by atoms with Gasteiger partial charge in [-0.2, -0.15) is 4.37 Å². The number of nitrogens with two attached hydrogens (primary N) is 1. The summed E-state index contributed by atoms with van der Waals surface area (Å²) in [4.78, 5) is 4.02. The van der Waals surface area contributed by atoms with Crippen LogP contribution in [0.4, 0.5) is 0 Å². The van der Waals surface area contributed by atoms with Crippen LogP contribution in [0.25, 0.3) is 0 Å². The minimum absolute atomic E-state index is 0.587. The van der Waals surface area contributed by atoms with E-state index in [1.165, 1.54) is 11.5 Å². The number of hydrogen-bond donors (Lipinski definition) is 1. The van der Waals surface area contributed by atoms with Gasteiger partial charge < -0.3 is 10.5 Å². The van der Waals surface area contributed by atoms with Crippen LogP contribution in [0.3, 0.4) is 0 Å². The lowest BCUT2D eigenvalue weighted by Crippen LogP contribution is -2.09. The van der Waals surface area contributed by atoms with Crippen molar-refractivity contribution in [2.75, 3.05) is 25.5 Å². The smallest absolute Gasteiger partial charge is 0.169 e. The highest BCUT2D eigenvalue weighted by molar-refractivity contribution is 8.00. The molecular weight excluding hydrogens is 194 g/mol. The van der Waals surface area contributed by atoms with Crippen LogP contribution in [0.5, 0.6) is 0 Å². The van der Waals surface area contributed by atoms with E-state index in [0.29, 0.717) is 13.2 Å². The minimum Gasteiger partial charge on any atom is -0.379 e. The summed E-state index contributed by atoms with van der Waals surface area (Å²) in [7, 11) is 0. The molecule has 0 atom stereocenters. The molecule has 0 amide bonds. The fourth-order valence-electron chi connectivity index (χ4n) is 0.600. The summed E-state index contributed by atoms with van der Waals surface area (Å²) in [5.41, 5.74) is 5.25. The predicted molar refractivity (Wildman–Crippen MR) is 50.5 cm³/mol. The Balaban J connectivity index is 1.96. The van der Waals surface area contributed by atoms with Crippen molar-refractivity contribution in [1.29, 1.82) is 0 Å². The van der Waals surface area contributed by atoms with Crippen LogP contribution < -0.4 is 5.73 Å². The molecule has 0 aliphatic rings. The van der Waals surface area contributed by atoms with Crippen molar-refractivity contribution in [2.45, 2.75) is 4.34 Å². The molecule has 1 heterocycles. The van der Waals surface area contributed by atoms with Crippen LogP contribution in [0, 0.1) is 0 Å². The fourth-order valence-corrected chi connectivity index (χ4v) is 1.97. The van der Waals surface area contributed by atoms with Crippen LogP contribution in [0.1, 0.15) is 0 Å². The zero-order valence-electron chi connectivity index (χ0n) is 6.60. The molecule has 0 aliphatic carbocycles. The molecule has 0 spiro atoms. The monoisotopic (exact) mass is 205 g/mol. The summed E-state index contributed by atoms with van der Waals surface area (Å²) in [6, 6.07) is 0. The minimum atomic E-state index is 0.587. The van der Waals surface area contributed by atoms with Gasteiger partial charge >= 0.3 is 0 Å². The largest absolute Gasteiger partial charge is 0.379 e. The van der Waals surface area contributed by atoms with Crippen LogP contribution in [-0.2, 0) is 4.74 Å². The first-order valence-electron chi connectivity index (χ1n) is 3.61. The highest BCUT2D eigenvalue weighted by Crippen LogP contribution is 2.17. The van der Waals surface area contributed by atoms with Gasteiger partial charge in [0.2, 0.25) is 0 Å². The van der Waals surface area contributed by atoms with Crippen molar-refractivity contribution in [3.63, 3.8) is 0 Å². The predicted octanol–water partition coefficient (Wildman–Crippen LogP) is 0.605. The summed E-state index contributed by atoms with van der Waals surface area (Å²) in [6.45, 7) is 1.95. The van der Waals surface area contributed by atoms with Crippen LogP contribution in [0.2, 0.25) is 0 Å². The lowest BCUT2D eigenvalue weighted by Gasteiger charge is -1.99. The summed E-state index contributed by atoms with van der Waals surface area (Å²) < 4.78 is 10.1. The topological polar surface area (TPSA) is 61.0 Å². The normalized spacial score (nSPS) is 10.4. The average Bonchev–Trinajstić information content (AvgIpc) is 2.57. The van der Waals surface area contributed by atoms with Crippen LogP contribution in [-0.4, -0.2) is 34.9 Å². The molecule has 0 saturated carbocycles. The molecule has 2 N–H and O–H groups in total. The Hall–Kier alpha value is -0.170. The van der Waals surface area contributed by atoms with E-state index in [1.54, 1.807) is 18.1 Å². The van der Waals surface area contributed by atoms with E-state index in [2.05, 4.69) is 9.36 Å². The summed E-state index contributed by atoms with van der Waals surface area (Å²) in [6.07, 6.45) is 1.56.